The number of hydrogen-bond donors (Lipinski definition) is 1. The number of hydrogen-bond acceptors (Lipinski definition) is 3. The fourth-order valence-electron chi connectivity index (χ4n) is 1.63. The van der Waals surface area contributed by atoms with Crippen molar-refractivity contribution in [2.75, 3.05) is 40.3 Å². The minimum absolute atomic E-state index is 0.438. The standard InChI is InChI=1S/C14H21F3N2O/c1-19(2)10-3-8-18-9-11-20-13-6-4-12(5-7-13)14(15,16)17/h4-7,18H,3,8-11H2,1-2H3. The Morgan fingerprint density at radius 1 is 1.10 bits per heavy atom. The molecule has 1 aromatic carbocycles. The first-order chi connectivity index (χ1) is 9.39. The maximum absolute atomic E-state index is 12.3. The van der Waals surface area contributed by atoms with E-state index < -0.39 is 11.7 Å². The van der Waals surface area contributed by atoms with E-state index in [4.69, 9.17) is 4.74 Å². The Labute approximate surface area is 117 Å². The van der Waals surface area contributed by atoms with E-state index in [1.807, 2.05) is 14.1 Å². The normalized spacial score (nSPS) is 11.9. The van der Waals surface area contributed by atoms with E-state index in [0.717, 1.165) is 31.6 Å². The summed E-state index contributed by atoms with van der Waals surface area (Å²) in [6.07, 6.45) is -3.25. The summed E-state index contributed by atoms with van der Waals surface area (Å²) in [6.45, 7) is 3.03. The van der Waals surface area contributed by atoms with Gasteiger partial charge in [-0.25, -0.2) is 0 Å². The molecule has 0 aromatic heterocycles. The van der Waals surface area contributed by atoms with Crippen LogP contribution in [-0.4, -0.2) is 45.2 Å². The maximum Gasteiger partial charge on any atom is 0.416 e. The van der Waals surface area contributed by atoms with Crippen LogP contribution in [0.3, 0.4) is 0 Å². The Bertz CT molecular complexity index is 377. The van der Waals surface area contributed by atoms with Gasteiger partial charge in [-0.05, 0) is 57.9 Å². The summed E-state index contributed by atoms with van der Waals surface area (Å²) in [7, 11) is 4.04. The molecule has 0 saturated heterocycles. The molecule has 0 amide bonds. The van der Waals surface area contributed by atoms with Crippen molar-refractivity contribution in [1.29, 1.82) is 0 Å². The van der Waals surface area contributed by atoms with Crippen molar-refractivity contribution in [3.8, 4) is 5.75 Å². The van der Waals surface area contributed by atoms with Gasteiger partial charge in [0.2, 0.25) is 0 Å². The predicted octanol–water partition coefficient (Wildman–Crippen LogP) is 2.63. The highest BCUT2D eigenvalue weighted by Crippen LogP contribution is 2.30. The van der Waals surface area contributed by atoms with Gasteiger partial charge in [0.25, 0.3) is 0 Å². The van der Waals surface area contributed by atoms with E-state index in [1.165, 1.54) is 12.1 Å². The van der Waals surface area contributed by atoms with Gasteiger partial charge in [-0.3, -0.25) is 0 Å². The van der Waals surface area contributed by atoms with Crippen LogP contribution < -0.4 is 10.1 Å². The SMILES string of the molecule is CN(C)CCCNCCOc1ccc(C(F)(F)F)cc1. The molecule has 0 heterocycles. The van der Waals surface area contributed by atoms with Crippen LogP contribution in [0.15, 0.2) is 24.3 Å². The largest absolute Gasteiger partial charge is 0.492 e. The topological polar surface area (TPSA) is 24.5 Å². The third-order valence-electron chi connectivity index (χ3n) is 2.69. The van der Waals surface area contributed by atoms with Crippen molar-refractivity contribution in [3.05, 3.63) is 29.8 Å². The summed E-state index contributed by atoms with van der Waals surface area (Å²) in [5.41, 5.74) is -0.660. The monoisotopic (exact) mass is 290 g/mol. The lowest BCUT2D eigenvalue weighted by Crippen LogP contribution is -2.25. The molecule has 20 heavy (non-hydrogen) atoms. The molecule has 0 aliphatic heterocycles. The van der Waals surface area contributed by atoms with Crippen LogP contribution in [0.1, 0.15) is 12.0 Å². The van der Waals surface area contributed by atoms with Gasteiger partial charge in [-0.1, -0.05) is 0 Å². The minimum atomic E-state index is -4.30. The third-order valence-corrected chi connectivity index (χ3v) is 2.69. The average molecular weight is 290 g/mol. The molecule has 1 rings (SSSR count). The van der Waals surface area contributed by atoms with E-state index in [2.05, 4.69) is 10.2 Å². The first kappa shape index (κ1) is 16.8. The van der Waals surface area contributed by atoms with Gasteiger partial charge in [-0.2, -0.15) is 13.2 Å². The molecule has 0 radical (unpaired) electrons. The molecular formula is C14H21F3N2O. The maximum atomic E-state index is 12.3. The fraction of sp³-hybridized carbons (Fsp3) is 0.571. The Hall–Kier alpha value is -1.27. The summed E-state index contributed by atoms with van der Waals surface area (Å²) in [5.74, 6) is 0.452. The van der Waals surface area contributed by atoms with Crippen molar-refractivity contribution in [1.82, 2.24) is 10.2 Å². The number of nitrogens with zero attached hydrogens (tertiary/aromatic N) is 1. The van der Waals surface area contributed by atoms with Crippen molar-refractivity contribution in [2.24, 2.45) is 0 Å². The predicted molar refractivity (Wildman–Crippen MR) is 73.0 cm³/mol. The molecule has 3 nitrogen and oxygen atoms in total. The zero-order chi connectivity index (χ0) is 15.0. The van der Waals surface area contributed by atoms with Crippen molar-refractivity contribution in [2.45, 2.75) is 12.6 Å². The molecule has 1 N–H and O–H groups in total. The van der Waals surface area contributed by atoms with Gasteiger partial charge in [0.15, 0.2) is 0 Å². The molecule has 0 atom stereocenters. The zero-order valence-electron chi connectivity index (χ0n) is 11.8. The minimum Gasteiger partial charge on any atom is -0.492 e. The van der Waals surface area contributed by atoms with Gasteiger partial charge in [-0.15, -0.1) is 0 Å². The van der Waals surface area contributed by atoms with Crippen LogP contribution in [0.2, 0.25) is 0 Å². The lowest BCUT2D eigenvalue weighted by atomic mass is 10.2. The molecule has 114 valence electrons. The Balaban J connectivity index is 2.16. The van der Waals surface area contributed by atoms with Gasteiger partial charge in [0, 0.05) is 6.54 Å². The van der Waals surface area contributed by atoms with Crippen LogP contribution >= 0.6 is 0 Å². The second-order valence-corrected chi connectivity index (χ2v) is 4.78. The summed E-state index contributed by atoms with van der Waals surface area (Å²) < 4.78 is 42.4. The highest BCUT2D eigenvalue weighted by molar-refractivity contribution is 5.28. The zero-order valence-corrected chi connectivity index (χ0v) is 11.8. The highest BCUT2D eigenvalue weighted by atomic mass is 19.4. The Morgan fingerprint density at radius 2 is 1.75 bits per heavy atom. The molecule has 0 aliphatic carbocycles. The first-order valence-electron chi connectivity index (χ1n) is 6.55. The lowest BCUT2D eigenvalue weighted by molar-refractivity contribution is -0.137. The van der Waals surface area contributed by atoms with Crippen LogP contribution in [0, 0.1) is 0 Å². The summed E-state index contributed by atoms with van der Waals surface area (Å²) in [6, 6.07) is 4.74. The van der Waals surface area contributed by atoms with E-state index in [0.29, 0.717) is 18.9 Å². The van der Waals surface area contributed by atoms with Crippen LogP contribution in [-0.2, 0) is 6.18 Å². The molecule has 0 spiro atoms. The number of alkyl halides is 3. The second kappa shape index (κ2) is 8.11. The molecule has 0 fully saturated rings. The number of ether oxygens (including phenoxy) is 1. The molecule has 6 heteroatoms. The smallest absolute Gasteiger partial charge is 0.416 e. The molecule has 1 aromatic rings. The summed E-state index contributed by atoms with van der Waals surface area (Å²) in [4.78, 5) is 2.11. The first-order valence-corrected chi connectivity index (χ1v) is 6.55. The molecule has 0 bridgehead atoms. The Kier molecular flexibility index (Phi) is 6.81. The van der Waals surface area contributed by atoms with Crippen LogP contribution in [0.25, 0.3) is 0 Å². The fourth-order valence-corrected chi connectivity index (χ4v) is 1.63. The average Bonchev–Trinajstić information content (AvgIpc) is 2.37. The third kappa shape index (κ3) is 6.77. The number of nitrogens with one attached hydrogen (secondary N) is 1. The van der Waals surface area contributed by atoms with Gasteiger partial charge < -0.3 is 15.0 Å². The number of halogens is 3. The lowest BCUT2D eigenvalue weighted by Gasteiger charge is -2.11. The van der Waals surface area contributed by atoms with Crippen molar-refractivity contribution >= 4 is 0 Å². The number of benzene rings is 1. The van der Waals surface area contributed by atoms with E-state index in [9.17, 15) is 13.2 Å². The van der Waals surface area contributed by atoms with Gasteiger partial charge in [0.1, 0.15) is 12.4 Å². The van der Waals surface area contributed by atoms with Crippen LogP contribution in [0.4, 0.5) is 13.2 Å². The van der Waals surface area contributed by atoms with E-state index >= 15 is 0 Å². The molecular weight excluding hydrogens is 269 g/mol. The second-order valence-electron chi connectivity index (χ2n) is 4.78. The van der Waals surface area contributed by atoms with Crippen LogP contribution in [0.5, 0.6) is 5.75 Å². The highest BCUT2D eigenvalue weighted by Gasteiger charge is 2.29. The van der Waals surface area contributed by atoms with E-state index in [1.54, 1.807) is 0 Å². The summed E-state index contributed by atoms with van der Waals surface area (Å²) in [5, 5.41) is 3.21. The molecule has 0 saturated carbocycles. The molecule has 0 unspecified atom stereocenters. The van der Waals surface area contributed by atoms with Gasteiger partial charge >= 0.3 is 6.18 Å². The van der Waals surface area contributed by atoms with Gasteiger partial charge in [0.05, 0.1) is 5.56 Å². The van der Waals surface area contributed by atoms with E-state index in [-0.39, 0.29) is 0 Å². The Morgan fingerprint density at radius 3 is 2.30 bits per heavy atom. The van der Waals surface area contributed by atoms with Crippen molar-refractivity contribution < 1.29 is 17.9 Å². The number of rotatable bonds is 8. The molecule has 0 aliphatic rings. The quantitative estimate of drug-likeness (QED) is 0.745. The summed E-state index contributed by atoms with van der Waals surface area (Å²) >= 11 is 0. The van der Waals surface area contributed by atoms with Crippen molar-refractivity contribution in [3.63, 3.8) is 0 Å².